The van der Waals surface area contributed by atoms with Gasteiger partial charge in [-0.15, -0.1) is 6.42 Å². The molecule has 2 N–H and O–H groups in total. The first-order valence-corrected chi connectivity index (χ1v) is 8.30. The number of hydrogen-bond acceptors (Lipinski definition) is 3. The van der Waals surface area contributed by atoms with Crippen molar-refractivity contribution in [1.82, 2.24) is 4.90 Å². The van der Waals surface area contributed by atoms with Gasteiger partial charge in [-0.05, 0) is 37.0 Å². The van der Waals surface area contributed by atoms with E-state index in [0.717, 1.165) is 12.8 Å². The topological polar surface area (TPSA) is 80.5 Å². The highest BCUT2D eigenvalue weighted by Gasteiger charge is 2.27. The highest BCUT2D eigenvalue weighted by Crippen LogP contribution is 2.30. The van der Waals surface area contributed by atoms with Crippen LogP contribution in [0.15, 0.2) is 23.1 Å². The zero-order valence-corrected chi connectivity index (χ0v) is 12.8. The molecule has 0 unspecified atom stereocenters. The Bertz CT molecular complexity index is 705. The summed E-state index contributed by atoms with van der Waals surface area (Å²) in [4.78, 5) is 13.8. The van der Waals surface area contributed by atoms with Crippen LogP contribution in [0.2, 0.25) is 5.02 Å². The number of hydrogen-bond donors (Lipinski definition) is 1. The number of nitrogens with two attached hydrogens (primary N) is 1. The van der Waals surface area contributed by atoms with Crippen LogP contribution in [0, 0.1) is 18.3 Å². The molecule has 1 aromatic carbocycles. The van der Waals surface area contributed by atoms with Crippen LogP contribution in [0.1, 0.15) is 23.2 Å². The van der Waals surface area contributed by atoms with Gasteiger partial charge in [0.25, 0.3) is 5.91 Å². The lowest BCUT2D eigenvalue weighted by molar-refractivity contribution is 0.0769. The fourth-order valence-corrected chi connectivity index (χ4v) is 2.86. The van der Waals surface area contributed by atoms with Crippen molar-refractivity contribution in [1.29, 1.82) is 0 Å². The van der Waals surface area contributed by atoms with Crippen molar-refractivity contribution in [2.45, 2.75) is 17.7 Å². The first kappa shape index (κ1) is 15.8. The fraction of sp³-hybridized carbons (Fsp3) is 0.357. The molecular weight excluding hydrogens is 312 g/mol. The van der Waals surface area contributed by atoms with Gasteiger partial charge in [-0.1, -0.05) is 17.5 Å². The lowest BCUT2D eigenvalue weighted by Crippen LogP contribution is -2.33. The minimum absolute atomic E-state index is 0.136. The Morgan fingerprint density at radius 2 is 2.10 bits per heavy atom. The number of terminal acetylenes is 1. The molecule has 1 fully saturated rings. The van der Waals surface area contributed by atoms with Crippen molar-refractivity contribution < 1.29 is 13.2 Å². The van der Waals surface area contributed by atoms with E-state index in [1.165, 1.54) is 23.1 Å². The Labute approximate surface area is 129 Å². The van der Waals surface area contributed by atoms with Gasteiger partial charge in [0.05, 0.1) is 11.4 Å². The summed E-state index contributed by atoms with van der Waals surface area (Å²) in [6, 6.07) is 3.84. The SMILES string of the molecule is C#CCN(CC1CC1)C(=O)c1cc(Cl)cc(S(N)(=O)=O)c1. The normalized spacial score (nSPS) is 14.5. The summed E-state index contributed by atoms with van der Waals surface area (Å²) in [6.45, 7) is 0.743. The number of rotatable bonds is 5. The predicted octanol–water partition coefficient (Wildman–Crippen LogP) is 1.47. The molecule has 1 aliphatic rings. The molecule has 0 bridgehead atoms. The van der Waals surface area contributed by atoms with Crippen molar-refractivity contribution in [3.8, 4) is 12.3 Å². The quantitative estimate of drug-likeness (QED) is 0.832. The molecule has 0 saturated heterocycles. The number of carbonyl (C=O) groups is 1. The molecular formula is C14H15ClN2O3S. The number of sulfonamides is 1. The van der Waals surface area contributed by atoms with E-state index in [1.54, 1.807) is 0 Å². The summed E-state index contributed by atoms with van der Waals surface area (Å²) in [5, 5.41) is 5.21. The van der Waals surface area contributed by atoms with Crippen molar-refractivity contribution in [2.75, 3.05) is 13.1 Å². The van der Waals surface area contributed by atoms with E-state index in [2.05, 4.69) is 5.92 Å². The van der Waals surface area contributed by atoms with Crippen molar-refractivity contribution >= 4 is 27.5 Å². The zero-order chi connectivity index (χ0) is 15.6. The van der Waals surface area contributed by atoms with Gasteiger partial charge in [-0.3, -0.25) is 4.79 Å². The molecule has 7 heteroatoms. The number of amides is 1. The maximum Gasteiger partial charge on any atom is 0.254 e. The van der Waals surface area contributed by atoms with E-state index in [9.17, 15) is 13.2 Å². The van der Waals surface area contributed by atoms with Gasteiger partial charge in [-0.2, -0.15) is 0 Å². The third-order valence-electron chi connectivity index (χ3n) is 3.19. The van der Waals surface area contributed by atoms with Crippen molar-refractivity contribution in [3.63, 3.8) is 0 Å². The molecule has 5 nitrogen and oxygen atoms in total. The van der Waals surface area contributed by atoms with Crippen LogP contribution in [-0.2, 0) is 10.0 Å². The molecule has 112 valence electrons. The van der Waals surface area contributed by atoms with Crippen LogP contribution in [0.25, 0.3) is 0 Å². The average molecular weight is 327 g/mol. The van der Waals surface area contributed by atoms with E-state index < -0.39 is 10.0 Å². The Morgan fingerprint density at radius 1 is 1.43 bits per heavy atom. The molecule has 2 rings (SSSR count). The van der Waals surface area contributed by atoms with E-state index in [0.29, 0.717) is 12.5 Å². The first-order chi connectivity index (χ1) is 9.81. The van der Waals surface area contributed by atoms with Gasteiger partial charge < -0.3 is 4.90 Å². The zero-order valence-electron chi connectivity index (χ0n) is 11.3. The Morgan fingerprint density at radius 3 is 2.62 bits per heavy atom. The molecule has 0 aliphatic heterocycles. The standard InChI is InChI=1S/C14H15ClN2O3S/c1-2-5-17(9-10-3-4-10)14(18)11-6-12(15)8-13(7-11)21(16,19)20/h1,6-8,10H,3-5,9H2,(H2,16,19,20). The number of primary sulfonamides is 1. The van der Waals surface area contributed by atoms with Gasteiger partial charge >= 0.3 is 0 Å². The second-order valence-corrected chi connectivity index (χ2v) is 7.05. The molecule has 1 aliphatic carbocycles. The molecule has 0 aromatic heterocycles. The minimum Gasteiger partial charge on any atom is -0.327 e. The molecule has 1 aromatic rings. The summed E-state index contributed by atoms with van der Waals surface area (Å²) in [5.74, 6) is 2.57. The third-order valence-corrected chi connectivity index (χ3v) is 4.30. The summed E-state index contributed by atoms with van der Waals surface area (Å²) in [5.41, 5.74) is 0.169. The summed E-state index contributed by atoms with van der Waals surface area (Å²) in [7, 11) is -3.93. The van der Waals surface area contributed by atoms with E-state index in [-0.39, 0.29) is 27.9 Å². The molecule has 1 amide bonds. The maximum absolute atomic E-state index is 12.5. The van der Waals surface area contributed by atoms with Gasteiger partial charge in [-0.25, -0.2) is 13.6 Å². The van der Waals surface area contributed by atoms with Crippen LogP contribution < -0.4 is 5.14 Å². The number of benzene rings is 1. The largest absolute Gasteiger partial charge is 0.327 e. The number of carbonyl (C=O) groups excluding carboxylic acids is 1. The first-order valence-electron chi connectivity index (χ1n) is 6.37. The van der Waals surface area contributed by atoms with E-state index in [1.807, 2.05) is 0 Å². The van der Waals surface area contributed by atoms with Crippen LogP contribution in [0.4, 0.5) is 0 Å². The van der Waals surface area contributed by atoms with Gasteiger partial charge in [0, 0.05) is 17.1 Å². The van der Waals surface area contributed by atoms with Crippen LogP contribution in [-0.4, -0.2) is 32.3 Å². The molecule has 0 spiro atoms. The predicted molar refractivity (Wildman–Crippen MR) is 80.3 cm³/mol. The Balaban J connectivity index is 2.32. The molecule has 1 saturated carbocycles. The van der Waals surface area contributed by atoms with E-state index in [4.69, 9.17) is 23.2 Å². The Hall–Kier alpha value is -1.55. The highest BCUT2D eigenvalue weighted by atomic mass is 35.5. The molecule has 0 atom stereocenters. The summed E-state index contributed by atoms with van der Waals surface area (Å²) >= 11 is 5.87. The molecule has 0 radical (unpaired) electrons. The lowest BCUT2D eigenvalue weighted by atomic mass is 10.2. The van der Waals surface area contributed by atoms with Gasteiger partial charge in [0.1, 0.15) is 0 Å². The van der Waals surface area contributed by atoms with Crippen molar-refractivity contribution in [2.24, 2.45) is 11.1 Å². The van der Waals surface area contributed by atoms with Gasteiger partial charge in [0.15, 0.2) is 0 Å². The van der Waals surface area contributed by atoms with Crippen molar-refractivity contribution in [3.05, 3.63) is 28.8 Å². The smallest absolute Gasteiger partial charge is 0.254 e. The second-order valence-electron chi connectivity index (χ2n) is 5.05. The maximum atomic E-state index is 12.5. The minimum atomic E-state index is -3.93. The highest BCUT2D eigenvalue weighted by molar-refractivity contribution is 7.89. The number of halogens is 1. The number of nitrogens with zero attached hydrogens (tertiary/aromatic N) is 1. The fourth-order valence-electron chi connectivity index (χ4n) is 1.97. The third kappa shape index (κ3) is 4.21. The van der Waals surface area contributed by atoms with Crippen LogP contribution in [0.5, 0.6) is 0 Å². The van der Waals surface area contributed by atoms with E-state index >= 15 is 0 Å². The monoisotopic (exact) mass is 326 g/mol. The summed E-state index contributed by atoms with van der Waals surface area (Å²) < 4.78 is 22.8. The lowest BCUT2D eigenvalue weighted by Gasteiger charge is -2.20. The molecule has 21 heavy (non-hydrogen) atoms. The molecule has 0 heterocycles. The van der Waals surface area contributed by atoms with Crippen LogP contribution in [0.3, 0.4) is 0 Å². The van der Waals surface area contributed by atoms with Crippen LogP contribution >= 0.6 is 11.6 Å². The second kappa shape index (κ2) is 6.06. The Kier molecular flexibility index (Phi) is 4.57. The van der Waals surface area contributed by atoms with Gasteiger partial charge in [0.2, 0.25) is 10.0 Å². The average Bonchev–Trinajstić information content (AvgIpc) is 3.19. The summed E-state index contributed by atoms with van der Waals surface area (Å²) in [6.07, 6.45) is 7.44.